The third kappa shape index (κ3) is 3.05. The lowest BCUT2D eigenvalue weighted by Crippen LogP contribution is -2.15. The zero-order valence-corrected chi connectivity index (χ0v) is 11.1. The van der Waals surface area contributed by atoms with Crippen LogP contribution in [0.25, 0.3) is 0 Å². The normalized spacial score (nSPS) is 16.5. The van der Waals surface area contributed by atoms with Crippen molar-refractivity contribution in [3.05, 3.63) is 19.2 Å². The van der Waals surface area contributed by atoms with Crippen LogP contribution in [-0.4, -0.2) is 6.54 Å². The third-order valence-electron chi connectivity index (χ3n) is 2.17. The molecule has 72 valence electrons. The highest BCUT2D eigenvalue weighted by molar-refractivity contribution is 9.12. The summed E-state index contributed by atoms with van der Waals surface area (Å²) in [6, 6.07) is 2.18. The Kier molecular flexibility index (Phi) is 3.46. The summed E-state index contributed by atoms with van der Waals surface area (Å²) in [4.78, 5) is 0. The van der Waals surface area contributed by atoms with Crippen LogP contribution in [-0.2, 0) is 6.54 Å². The number of nitrogens with one attached hydrogen (secondary N) is 1. The minimum atomic E-state index is 0.959. The van der Waals surface area contributed by atoms with E-state index in [4.69, 9.17) is 0 Å². The Morgan fingerprint density at radius 1 is 1.46 bits per heavy atom. The van der Waals surface area contributed by atoms with E-state index < -0.39 is 0 Å². The summed E-state index contributed by atoms with van der Waals surface area (Å²) in [5.74, 6) is 0.959. The maximum absolute atomic E-state index is 3.55. The summed E-state index contributed by atoms with van der Waals surface area (Å²) >= 11 is 8.76. The smallest absolute Gasteiger partial charge is 0.0755 e. The fraction of sp³-hybridized carbons (Fsp3) is 0.556. The molecule has 1 fully saturated rings. The summed E-state index contributed by atoms with van der Waals surface area (Å²) in [5.41, 5.74) is 1.36. The van der Waals surface area contributed by atoms with Gasteiger partial charge in [-0.3, -0.25) is 0 Å². The van der Waals surface area contributed by atoms with Gasteiger partial charge in [0.05, 0.1) is 7.57 Å². The van der Waals surface area contributed by atoms with Crippen molar-refractivity contribution in [1.29, 1.82) is 0 Å². The number of halogens is 2. The molecule has 1 aromatic heterocycles. The van der Waals surface area contributed by atoms with Crippen LogP contribution in [0.15, 0.2) is 13.6 Å². The van der Waals surface area contributed by atoms with Crippen molar-refractivity contribution in [2.24, 2.45) is 5.92 Å². The van der Waals surface area contributed by atoms with Gasteiger partial charge in [-0.15, -0.1) is 11.3 Å². The lowest BCUT2D eigenvalue weighted by Gasteiger charge is -2.01. The Morgan fingerprint density at radius 2 is 2.23 bits per heavy atom. The van der Waals surface area contributed by atoms with E-state index >= 15 is 0 Å². The molecule has 1 saturated carbocycles. The van der Waals surface area contributed by atoms with Crippen LogP contribution in [0, 0.1) is 5.92 Å². The molecule has 0 bridgehead atoms. The van der Waals surface area contributed by atoms with Gasteiger partial charge in [-0.05, 0) is 68.8 Å². The van der Waals surface area contributed by atoms with Gasteiger partial charge in [-0.25, -0.2) is 0 Å². The molecule has 1 aromatic rings. The molecule has 1 aliphatic rings. The summed E-state index contributed by atoms with van der Waals surface area (Å²) in [6.45, 7) is 2.17. The largest absolute Gasteiger partial charge is 0.312 e. The van der Waals surface area contributed by atoms with E-state index in [-0.39, 0.29) is 0 Å². The van der Waals surface area contributed by atoms with Gasteiger partial charge < -0.3 is 5.32 Å². The molecule has 0 atom stereocenters. The second kappa shape index (κ2) is 4.43. The molecule has 1 nitrogen and oxygen atoms in total. The second-order valence-corrected chi connectivity index (χ2v) is 7.17. The van der Waals surface area contributed by atoms with E-state index in [2.05, 4.69) is 43.2 Å². The molecule has 0 radical (unpaired) electrons. The topological polar surface area (TPSA) is 12.0 Å². The summed E-state index contributed by atoms with van der Waals surface area (Å²) in [5, 5.41) is 3.47. The zero-order chi connectivity index (χ0) is 9.26. The second-order valence-electron chi connectivity index (χ2n) is 3.42. The number of rotatable bonds is 4. The van der Waals surface area contributed by atoms with E-state index in [9.17, 15) is 0 Å². The lowest BCUT2D eigenvalue weighted by atomic mass is 10.3. The van der Waals surface area contributed by atoms with Crippen LogP contribution in [0.1, 0.15) is 18.4 Å². The van der Waals surface area contributed by atoms with Crippen LogP contribution in [0.4, 0.5) is 0 Å². The zero-order valence-electron chi connectivity index (χ0n) is 7.15. The predicted molar refractivity (Wildman–Crippen MR) is 64.1 cm³/mol. The average molecular weight is 325 g/mol. The van der Waals surface area contributed by atoms with Gasteiger partial charge in [0.25, 0.3) is 0 Å². The molecule has 0 spiro atoms. The highest BCUT2D eigenvalue weighted by Gasteiger charge is 2.20. The first-order valence-electron chi connectivity index (χ1n) is 4.40. The molecular weight excluding hydrogens is 314 g/mol. The first-order valence-corrected chi connectivity index (χ1v) is 6.80. The minimum Gasteiger partial charge on any atom is -0.312 e. The van der Waals surface area contributed by atoms with Gasteiger partial charge >= 0.3 is 0 Å². The molecule has 0 aliphatic heterocycles. The van der Waals surface area contributed by atoms with E-state index in [1.165, 1.54) is 32.5 Å². The third-order valence-corrected chi connectivity index (χ3v) is 4.64. The average Bonchev–Trinajstić information content (AvgIpc) is 2.81. The number of hydrogen-bond donors (Lipinski definition) is 1. The molecule has 0 unspecified atom stereocenters. The number of hydrogen-bond acceptors (Lipinski definition) is 2. The standard InChI is InChI=1S/C9H11Br2NS/c10-8-3-7(9(11)13-8)5-12-4-6-1-2-6/h3,6,12H,1-2,4-5H2. The van der Waals surface area contributed by atoms with Crippen LogP contribution in [0.2, 0.25) is 0 Å². The van der Waals surface area contributed by atoms with Crippen LogP contribution in [0.5, 0.6) is 0 Å². The SMILES string of the molecule is Brc1cc(CNCC2CC2)c(Br)s1. The Morgan fingerprint density at radius 3 is 2.77 bits per heavy atom. The van der Waals surface area contributed by atoms with E-state index in [1.54, 1.807) is 11.3 Å². The minimum absolute atomic E-state index is 0.959. The van der Waals surface area contributed by atoms with Gasteiger partial charge in [-0.1, -0.05) is 0 Å². The molecule has 0 amide bonds. The molecule has 4 heteroatoms. The summed E-state index contributed by atoms with van der Waals surface area (Å²) in [7, 11) is 0. The monoisotopic (exact) mass is 323 g/mol. The first-order chi connectivity index (χ1) is 6.25. The summed E-state index contributed by atoms with van der Waals surface area (Å²) in [6.07, 6.45) is 2.84. The Labute approximate surface area is 99.2 Å². The highest BCUT2D eigenvalue weighted by Crippen LogP contribution is 2.32. The predicted octanol–water partition coefficient (Wildman–Crippen LogP) is 3.77. The molecule has 1 N–H and O–H groups in total. The number of thiophene rings is 1. The van der Waals surface area contributed by atoms with Crippen LogP contribution >= 0.6 is 43.2 Å². The molecule has 2 rings (SSSR count). The molecule has 0 saturated heterocycles. The van der Waals surface area contributed by atoms with Crippen LogP contribution < -0.4 is 5.32 Å². The molecular formula is C9H11Br2NS. The van der Waals surface area contributed by atoms with Crippen molar-refractivity contribution in [3.8, 4) is 0 Å². The quantitative estimate of drug-likeness (QED) is 0.889. The fourth-order valence-electron chi connectivity index (χ4n) is 1.23. The first kappa shape index (κ1) is 10.1. The lowest BCUT2D eigenvalue weighted by molar-refractivity contribution is 0.638. The Balaban J connectivity index is 1.81. The highest BCUT2D eigenvalue weighted by atomic mass is 79.9. The van der Waals surface area contributed by atoms with E-state index in [1.807, 2.05) is 0 Å². The van der Waals surface area contributed by atoms with Gasteiger partial charge in [-0.2, -0.15) is 0 Å². The maximum atomic E-state index is 3.55. The van der Waals surface area contributed by atoms with Crippen molar-refractivity contribution in [1.82, 2.24) is 5.32 Å². The van der Waals surface area contributed by atoms with E-state index in [0.717, 1.165) is 12.5 Å². The van der Waals surface area contributed by atoms with Gasteiger partial charge in [0.15, 0.2) is 0 Å². The summed E-state index contributed by atoms with van der Waals surface area (Å²) < 4.78 is 2.44. The van der Waals surface area contributed by atoms with Crippen molar-refractivity contribution in [3.63, 3.8) is 0 Å². The van der Waals surface area contributed by atoms with Gasteiger partial charge in [0.1, 0.15) is 0 Å². The molecule has 13 heavy (non-hydrogen) atoms. The molecule has 1 heterocycles. The Hall–Kier alpha value is 0.620. The van der Waals surface area contributed by atoms with E-state index in [0.29, 0.717) is 0 Å². The fourth-order valence-corrected chi connectivity index (χ4v) is 4.05. The van der Waals surface area contributed by atoms with Gasteiger partial charge in [0, 0.05) is 6.54 Å². The maximum Gasteiger partial charge on any atom is 0.0755 e. The van der Waals surface area contributed by atoms with Crippen molar-refractivity contribution in [2.75, 3.05) is 6.54 Å². The van der Waals surface area contributed by atoms with Crippen molar-refractivity contribution in [2.45, 2.75) is 19.4 Å². The van der Waals surface area contributed by atoms with Crippen molar-refractivity contribution >= 4 is 43.2 Å². The molecule has 0 aromatic carbocycles. The molecule has 1 aliphatic carbocycles. The van der Waals surface area contributed by atoms with Crippen molar-refractivity contribution < 1.29 is 0 Å². The van der Waals surface area contributed by atoms with Gasteiger partial charge in [0.2, 0.25) is 0 Å². The Bertz CT molecular complexity index is 294. The van der Waals surface area contributed by atoms with Crippen LogP contribution in [0.3, 0.4) is 0 Å².